The summed E-state index contributed by atoms with van der Waals surface area (Å²) in [5.41, 5.74) is 0. The highest BCUT2D eigenvalue weighted by atomic mass is 19.1. The van der Waals surface area contributed by atoms with E-state index in [0.717, 1.165) is 25.7 Å². The van der Waals surface area contributed by atoms with Gasteiger partial charge in [-0.15, -0.1) is 0 Å². The van der Waals surface area contributed by atoms with Gasteiger partial charge < -0.3 is 4.74 Å². The van der Waals surface area contributed by atoms with Crippen LogP contribution in [0.25, 0.3) is 0 Å². The van der Waals surface area contributed by atoms with Gasteiger partial charge in [0.1, 0.15) is 0 Å². The Balaban J connectivity index is 3.30. The first kappa shape index (κ1) is 9.89. The Morgan fingerprint density at radius 2 is 1.70 bits per heavy atom. The minimum atomic E-state index is -0.634. The molecule has 1 nitrogen and oxygen atoms in total. The largest absolute Gasteiger partial charge is 0.347 e. The van der Waals surface area contributed by atoms with Crippen molar-refractivity contribution in [1.29, 1.82) is 0 Å². The third-order valence-electron chi connectivity index (χ3n) is 1.52. The molecule has 0 aliphatic carbocycles. The average Bonchev–Trinajstić information content (AvgIpc) is 1.90. The Labute approximate surface area is 62.6 Å². The molecule has 10 heavy (non-hydrogen) atoms. The van der Waals surface area contributed by atoms with Crippen molar-refractivity contribution in [2.75, 3.05) is 6.86 Å². The smallest absolute Gasteiger partial charge is 0.188 e. The Bertz CT molecular complexity index is 52.0. The van der Waals surface area contributed by atoms with Crippen LogP contribution in [0.15, 0.2) is 0 Å². The minimum absolute atomic E-state index is 0.153. The molecule has 0 aromatic heterocycles. The maximum Gasteiger partial charge on any atom is 0.188 e. The van der Waals surface area contributed by atoms with E-state index in [2.05, 4.69) is 13.8 Å². The zero-order valence-electron chi connectivity index (χ0n) is 6.90. The van der Waals surface area contributed by atoms with Crippen molar-refractivity contribution < 1.29 is 9.13 Å². The van der Waals surface area contributed by atoms with Crippen LogP contribution in [0, 0.1) is 0 Å². The highest BCUT2D eigenvalue weighted by molar-refractivity contribution is 4.54. The van der Waals surface area contributed by atoms with Crippen LogP contribution in [0.2, 0.25) is 0 Å². The molecule has 0 aromatic rings. The number of ether oxygens (including phenoxy) is 1. The number of hydrogen-bond donors (Lipinski definition) is 0. The molecule has 0 bridgehead atoms. The lowest BCUT2D eigenvalue weighted by atomic mass is 10.1. The van der Waals surface area contributed by atoms with E-state index in [1.807, 2.05) is 0 Å². The number of halogens is 1. The van der Waals surface area contributed by atoms with Gasteiger partial charge in [0.25, 0.3) is 0 Å². The van der Waals surface area contributed by atoms with Crippen molar-refractivity contribution >= 4 is 0 Å². The first-order valence-corrected chi connectivity index (χ1v) is 4.02. The van der Waals surface area contributed by atoms with Crippen LogP contribution >= 0.6 is 0 Å². The standard InChI is InChI=1S/C8H17FO/c1-3-5-8(6-4-2)10-7-9/h8H,3-7H2,1-2H3. The molecule has 0 aromatic carbocycles. The lowest BCUT2D eigenvalue weighted by Crippen LogP contribution is -2.11. The summed E-state index contributed by atoms with van der Waals surface area (Å²) in [6, 6.07) is 0. The van der Waals surface area contributed by atoms with Gasteiger partial charge in [0, 0.05) is 0 Å². The molecule has 0 aliphatic heterocycles. The van der Waals surface area contributed by atoms with Crippen LogP contribution in [0.5, 0.6) is 0 Å². The molecule has 0 amide bonds. The summed E-state index contributed by atoms with van der Waals surface area (Å²) in [6.45, 7) is 3.54. The molecule has 0 fully saturated rings. The van der Waals surface area contributed by atoms with E-state index in [-0.39, 0.29) is 6.10 Å². The molecule has 62 valence electrons. The average molecular weight is 148 g/mol. The van der Waals surface area contributed by atoms with Crippen LogP contribution in [0.4, 0.5) is 4.39 Å². The van der Waals surface area contributed by atoms with Crippen molar-refractivity contribution in [1.82, 2.24) is 0 Å². The molecule has 0 unspecified atom stereocenters. The molecule has 0 radical (unpaired) electrons. The van der Waals surface area contributed by atoms with E-state index < -0.39 is 6.86 Å². The monoisotopic (exact) mass is 148 g/mol. The zero-order valence-corrected chi connectivity index (χ0v) is 6.90. The molecular weight excluding hydrogens is 131 g/mol. The van der Waals surface area contributed by atoms with Crippen LogP contribution in [0.1, 0.15) is 39.5 Å². The molecule has 0 atom stereocenters. The van der Waals surface area contributed by atoms with Gasteiger partial charge in [0.2, 0.25) is 0 Å². The second-order valence-corrected chi connectivity index (χ2v) is 2.48. The van der Waals surface area contributed by atoms with Crippen molar-refractivity contribution in [2.45, 2.75) is 45.6 Å². The third kappa shape index (κ3) is 4.74. The Kier molecular flexibility index (Phi) is 6.93. The van der Waals surface area contributed by atoms with E-state index >= 15 is 0 Å². The second-order valence-electron chi connectivity index (χ2n) is 2.48. The Hall–Kier alpha value is -0.110. The van der Waals surface area contributed by atoms with E-state index in [4.69, 9.17) is 4.74 Å². The topological polar surface area (TPSA) is 9.23 Å². The van der Waals surface area contributed by atoms with Crippen molar-refractivity contribution in [2.24, 2.45) is 0 Å². The first-order chi connectivity index (χ1) is 4.85. The molecule has 2 heteroatoms. The van der Waals surface area contributed by atoms with Crippen LogP contribution in [-0.4, -0.2) is 13.0 Å². The Morgan fingerprint density at radius 3 is 2.00 bits per heavy atom. The van der Waals surface area contributed by atoms with Gasteiger partial charge in [0.15, 0.2) is 6.86 Å². The molecular formula is C8H17FO. The van der Waals surface area contributed by atoms with Gasteiger partial charge in [-0.05, 0) is 12.8 Å². The van der Waals surface area contributed by atoms with Gasteiger partial charge in [-0.1, -0.05) is 26.7 Å². The summed E-state index contributed by atoms with van der Waals surface area (Å²) in [6.07, 6.45) is 4.27. The fourth-order valence-electron chi connectivity index (χ4n) is 1.04. The fraction of sp³-hybridized carbons (Fsp3) is 1.00. The lowest BCUT2D eigenvalue weighted by Gasteiger charge is -2.12. The molecule has 0 N–H and O–H groups in total. The Morgan fingerprint density at radius 1 is 1.20 bits per heavy atom. The number of alkyl halides is 1. The predicted octanol–water partition coefficient (Wildman–Crippen LogP) is 2.90. The SMILES string of the molecule is CCCC(CCC)OCF. The normalized spacial score (nSPS) is 10.8. The highest BCUT2D eigenvalue weighted by Crippen LogP contribution is 2.08. The van der Waals surface area contributed by atoms with E-state index in [0.29, 0.717) is 0 Å². The first-order valence-electron chi connectivity index (χ1n) is 4.02. The van der Waals surface area contributed by atoms with Crippen molar-refractivity contribution in [3.05, 3.63) is 0 Å². The number of hydrogen-bond acceptors (Lipinski definition) is 1. The summed E-state index contributed by atoms with van der Waals surface area (Å²) in [5.74, 6) is 0. The van der Waals surface area contributed by atoms with E-state index in [1.165, 1.54) is 0 Å². The van der Waals surface area contributed by atoms with Crippen LogP contribution < -0.4 is 0 Å². The lowest BCUT2D eigenvalue weighted by molar-refractivity contribution is -0.0130. The molecule has 0 saturated carbocycles. The predicted molar refractivity (Wildman–Crippen MR) is 40.7 cm³/mol. The molecule has 0 spiro atoms. The van der Waals surface area contributed by atoms with Gasteiger partial charge in [0.05, 0.1) is 6.10 Å². The van der Waals surface area contributed by atoms with Crippen LogP contribution in [-0.2, 0) is 4.74 Å². The van der Waals surface area contributed by atoms with Gasteiger partial charge >= 0.3 is 0 Å². The highest BCUT2D eigenvalue weighted by Gasteiger charge is 2.04. The van der Waals surface area contributed by atoms with Crippen molar-refractivity contribution in [3.63, 3.8) is 0 Å². The maximum atomic E-state index is 11.7. The zero-order chi connectivity index (χ0) is 7.82. The van der Waals surface area contributed by atoms with E-state index in [9.17, 15) is 4.39 Å². The minimum Gasteiger partial charge on any atom is -0.347 e. The van der Waals surface area contributed by atoms with Crippen LogP contribution in [0.3, 0.4) is 0 Å². The van der Waals surface area contributed by atoms with E-state index in [1.54, 1.807) is 0 Å². The summed E-state index contributed by atoms with van der Waals surface area (Å²) < 4.78 is 16.5. The summed E-state index contributed by atoms with van der Waals surface area (Å²) in [7, 11) is 0. The fourth-order valence-corrected chi connectivity index (χ4v) is 1.04. The summed E-state index contributed by atoms with van der Waals surface area (Å²) in [4.78, 5) is 0. The van der Waals surface area contributed by atoms with Gasteiger partial charge in [-0.3, -0.25) is 0 Å². The third-order valence-corrected chi connectivity index (χ3v) is 1.52. The number of rotatable bonds is 6. The molecule has 0 saturated heterocycles. The summed E-state index contributed by atoms with van der Waals surface area (Å²) >= 11 is 0. The van der Waals surface area contributed by atoms with Gasteiger partial charge in [-0.25, -0.2) is 4.39 Å². The van der Waals surface area contributed by atoms with Gasteiger partial charge in [-0.2, -0.15) is 0 Å². The molecule has 0 heterocycles. The summed E-state index contributed by atoms with van der Waals surface area (Å²) in [5, 5.41) is 0. The van der Waals surface area contributed by atoms with Crippen molar-refractivity contribution in [3.8, 4) is 0 Å². The molecule has 0 rings (SSSR count). The molecule has 0 aliphatic rings. The maximum absolute atomic E-state index is 11.7. The quantitative estimate of drug-likeness (QED) is 0.562. The second kappa shape index (κ2) is 7.00.